The number of hydrogen-bond acceptors (Lipinski definition) is 4. The predicted octanol–water partition coefficient (Wildman–Crippen LogP) is 3.48. The molecular formula is C15H20N2OS. The Bertz CT molecular complexity index is 536. The Kier molecular flexibility index (Phi) is 4.56. The van der Waals surface area contributed by atoms with Gasteiger partial charge in [-0.15, -0.1) is 11.3 Å². The maximum Gasteiger partial charge on any atom is 0.124 e. The van der Waals surface area contributed by atoms with Crippen molar-refractivity contribution in [3.8, 4) is 5.75 Å². The van der Waals surface area contributed by atoms with E-state index in [0.717, 1.165) is 28.4 Å². The second kappa shape index (κ2) is 6.17. The summed E-state index contributed by atoms with van der Waals surface area (Å²) < 4.78 is 5.81. The maximum atomic E-state index is 6.30. The highest BCUT2D eigenvalue weighted by Gasteiger charge is 2.14. The molecule has 0 aliphatic rings. The fourth-order valence-corrected chi connectivity index (χ4v) is 2.61. The molecule has 0 saturated heterocycles. The molecule has 0 aliphatic heterocycles. The Balaban J connectivity index is 2.16. The molecule has 4 heteroatoms. The van der Waals surface area contributed by atoms with E-state index < -0.39 is 0 Å². The molecule has 0 radical (unpaired) electrons. The van der Waals surface area contributed by atoms with E-state index in [9.17, 15) is 0 Å². The van der Waals surface area contributed by atoms with Gasteiger partial charge in [0.15, 0.2) is 0 Å². The van der Waals surface area contributed by atoms with Gasteiger partial charge in [-0.1, -0.05) is 18.2 Å². The van der Waals surface area contributed by atoms with Crippen LogP contribution >= 0.6 is 11.3 Å². The Morgan fingerprint density at radius 3 is 2.68 bits per heavy atom. The third kappa shape index (κ3) is 3.78. The lowest BCUT2D eigenvalue weighted by Crippen LogP contribution is -2.16. The zero-order valence-electron chi connectivity index (χ0n) is 11.6. The Labute approximate surface area is 118 Å². The molecule has 0 spiro atoms. The van der Waals surface area contributed by atoms with Gasteiger partial charge in [0.2, 0.25) is 0 Å². The smallest absolute Gasteiger partial charge is 0.124 e. The zero-order valence-corrected chi connectivity index (χ0v) is 12.4. The van der Waals surface area contributed by atoms with Gasteiger partial charge >= 0.3 is 0 Å². The third-order valence-electron chi connectivity index (χ3n) is 2.78. The highest BCUT2D eigenvalue weighted by atomic mass is 32.1. The third-order valence-corrected chi connectivity index (χ3v) is 3.60. The fourth-order valence-electron chi connectivity index (χ4n) is 1.99. The van der Waals surface area contributed by atoms with Crippen molar-refractivity contribution in [2.24, 2.45) is 5.73 Å². The number of aryl methyl sites for hydroxylation is 1. The molecule has 0 saturated carbocycles. The highest BCUT2D eigenvalue weighted by Crippen LogP contribution is 2.27. The lowest BCUT2D eigenvalue weighted by Gasteiger charge is -2.18. The fraction of sp³-hybridized carbons (Fsp3) is 0.400. The molecule has 0 amide bonds. The van der Waals surface area contributed by atoms with Crippen LogP contribution in [0.5, 0.6) is 5.75 Å². The summed E-state index contributed by atoms with van der Waals surface area (Å²) in [6.45, 7) is 6.05. The molecule has 0 bridgehead atoms. The number of benzene rings is 1. The van der Waals surface area contributed by atoms with Crippen LogP contribution in [-0.2, 0) is 6.42 Å². The number of nitrogens with zero attached hydrogens (tertiary/aromatic N) is 1. The molecule has 1 unspecified atom stereocenters. The molecular weight excluding hydrogens is 256 g/mol. The summed E-state index contributed by atoms with van der Waals surface area (Å²) in [6, 6.07) is 7.88. The second-order valence-electron chi connectivity index (χ2n) is 4.87. The van der Waals surface area contributed by atoms with E-state index in [0.29, 0.717) is 0 Å². The molecule has 19 heavy (non-hydrogen) atoms. The standard InChI is InChI=1S/C15H20N2OS/c1-10(2)18-15-7-5-4-6-13(15)14(16)8-12-9-19-11(3)17-12/h4-7,9-10,14H,8,16H2,1-3H3. The lowest BCUT2D eigenvalue weighted by molar-refractivity contribution is 0.238. The van der Waals surface area contributed by atoms with Gasteiger partial charge in [-0.3, -0.25) is 0 Å². The van der Waals surface area contributed by atoms with Crippen molar-refractivity contribution in [1.29, 1.82) is 0 Å². The van der Waals surface area contributed by atoms with Crippen LogP contribution in [0.3, 0.4) is 0 Å². The number of thiazole rings is 1. The predicted molar refractivity (Wildman–Crippen MR) is 79.7 cm³/mol. The average Bonchev–Trinajstić information content (AvgIpc) is 2.74. The first-order valence-electron chi connectivity index (χ1n) is 6.48. The van der Waals surface area contributed by atoms with Crippen LogP contribution in [0.4, 0.5) is 0 Å². The van der Waals surface area contributed by atoms with Gasteiger partial charge in [-0.05, 0) is 26.8 Å². The maximum absolute atomic E-state index is 6.30. The van der Waals surface area contributed by atoms with Crippen LogP contribution < -0.4 is 10.5 Å². The minimum absolute atomic E-state index is 0.0866. The normalized spacial score (nSPS) is 12.7. The molecule has 0 fully saturated rings. The summed E-state index contributed by atoms with van der Waals surface area (Å²) >= 11 is 1.66. The molecule has 3 nitrogen and oxygen atoms in total. The first-order chi connectivity index (χ1) is 9.06. The molecule has 1 atom stereocenters. The van der Waals surface area contributed by atoms with E-state index >= 15 is 0 Å². The largest absolute Gasteiger partial charge is 0.491 e. The van der Waals surface area contributed by atoms with Crippen LogP contribution in [-0.4, -0.2) is 11.1 Å². The molecule has 2 N–H and O–H groups in total. The lowest BCUT2D eigenvalue weighted by atomic mass is 10.0. The Morgan fingerprint density at radius 2 is 2.05 bits per heavy atom. The van der Waals surface area contributed by atoms with E-state index in [1.807, 2.05) is 45.0 Å². The number of nitrogens with two attached hydrogens (primary N) is 1. The number of hydrogen-bond donors (Lipinski definition) is 1. The summed E-state index contributed by atoms with van der Waals surface area (Å²) in [7, 11) is 0. The molecule has 102 valence electrons. The first kappa shape index (κ1) is 14.0. The van der Waals surface area contributed by atoms with Crippen molar-refractivity contribution >= 4 is 11.3 Å². The minimum atomic E-state index is -0.0866. The molecule has 0 aliphatic carbocycles. The monoisotopic (exact) mass is 276 g/mol. The van der Waals surface area contributed by atoms with Crippen molar-refractivity contribution in [2.45, 2.75) is 39.3 Å². The average molecular weight is 276 g/mol. The van der Waals surface area contributed by atoms with E-state index in [4.69, 9.17) is 10.5 Å². The number of para-hydroxylation sites is 1. The van der Waals surface area contributed by atoms with Crippen LogP contribution in [0.1, 0.15) is 36.2 Å². The van der Waals surface area contributed by atoms with Gasteiger partial charge in [0.05, 0.1) is 16.8 Å². The van der Waals surface area contributed by atoms with E-state index in [2.05, 4.69) is 10.4 Å². The van der Waals surface area contributed by atoms with Gasteiger partial charge in [-0.25, -0.2) is 4.98 Å². The van der Waals surface area contributed by atoms with Crippen molar-refractivity contribution in [2.75, 3.05) is 0 Å². The second-order valence-corrected chi connectivity index (χ2v) is 5.94. The molecule has 1 heterocycles. The van der Waals surface area contributed by atoms with Crippen molar-refractivity contribution < 1.29 is 4.74 Å². The molecule has 1 aromatic carbocycles. The summed E-state index contributed by atoms with van der Waals surface area (Å²) in [5.41, 5.74) is 8.39. The van der Waals surface area contributed by atoms with Crippen molar-refractivity contribution in [1.82, 2.24) is 4.98 Å². The summed E-state index contributed by atoms with van der Waals surface area (Å²) in [4.78, 5) is 4.46. The molecule has 2 aromatic rings. The van der Waals surface area contributed by atoms with Crippen LogP contribution in [0.25, 0.3) is 0 Å². The first-order valence-corrected chi connectivity index (χ1v) is 7.36. The van der Waals surface area contributed by atoms with E-state index in [1.54, 1.807) is 11.3 Å². The van der Waals surface area contributed by atoms with Crippen LogP contribution in [0.2, 0.25) is 0 Å². The highest BCUT2D eigenvalue weighted by molar-refractivity contribution is 7.09. The number of ether oxygens (including phenoxy) is 1. The summed E-state index contributed by atoms with van der Waals surface area (Å²) in [5, 5.41) is 3.15. The molecule has 1 aromatic heterocycles. The summed E-state index contributed by atoms with van der Waals surface area (Å²) in [5.74, 6) is 0.872. The Morgan fingerprint density at radius 1 is 1.32 bits per heavy atom. The van der Waals surface area contributed by atoms with E-state index in [-0.39, 0.29) is 12.1 Å². The Hall–Kier alpha value is -1.39. The number of rotatable bonds is 5. The van der Waals surface area contributed by atoms with Crippen LogP contribution in [0.15, 0.2) is 29.6 Å². The number of aromatic nitrogens is 1. The van der Waals surface area contributed by atoms with Gasteiger partial charge in [-0.2, -0.15) is 0 Å². The topological polar surface area (TPSA) is 48.1 Å². The SMILES string of the molecule is Cc1nc(CC(N)c2ccccc2OC(C)C)cs1. The van der Waals surface area contributed by atoms with Crippen molar-refractivity contribution in [3.63, 3.8) is 0 Å². The van der Waals surface area contributed by atoms with E-state index in [1.165, 1.54) is 0 Å². The van der Waals surface area contributed by atoms with Gasteiger partial charge in [0.1, 0.15) is 5.75 Å². The summed E-state index contributed by atoms with van der Waals surface area (Å²) in [6.07, 6.45) is 0.887. The van der Waals surface area contributed by atoms with Crippen LogP contribution in [0, 0.1) is 6.92 Å². The van der Waals surface area contributed by atoms with Gasteiger partial charge in [0.25, 0.3) is 0 Å². The minimum Gasteiger partial charge on any atom is -0.491 e. The zero-order chi connectivity index (χ0) is 13.8. The van der Waals surface area contributed by atoms with Gasteiger partial charge in [0, 0.05) is 23.4 Å². The molecule has 2 rings (SSSR count). The quantitative estimate of drug-likeness (QED) is 0.909. The van der Waals surface area contributed by atoms with Crippen molar-refractivity contribution in [3.05, 3.63) is 45.9 Å². The van der Waals surface area contributed by atoms with Gasteiger partial charge < -0.3 is 10.5 Å².